The zero-order valence-electron chi connectivity index (χ0n) is 12.5. The molecule has 1 aromatic heterocycles. The van der Waals surface area contributed by atoms with E-state index >= 15 is 0 Å². The number of ether oxygens (including phenoxy) is 1. The fourth-order valence-corrected chi connectivity index (χ4v) is 4.92. The lowest BCUT2D eigenvalue weighted by Gasteiger charge is -2.44. The molecule has 3 nitrogen and oxygen atoms in total. The minimum atomic E-state index is 0.215. The Hall–Kier alpha value is -0.420. The summed E-state index contributed by atoms with van der Waals surface area (Å²) in [6, 6.07) is 3.39. The number of morpholine rings is 1. The predicted molar refractivity (Wildman–Crippen MR) is 84.1 cm³/mol. The smallest absolute Gasteiger partial charge is 0.0731 e. The van der Waals surface area contributed by atoms with Gasteiger partial charge in [-0.1, -0.05) is 6.92 Å². The van der Waals surface area contributed by atoms with Crippen molar-refractivity contribution in [3.05, 3.63) is 21.9 Å². The van der Waals surface area contributed by atoms with Gasteiger partial charge in [-0.2, -0.15) is 0 Å². The Morgan fingerprint density at radius 3 is 3.05 bits per heavy atom. The SMILES string of the molecule is CCC(N)C(c1sccc1C)N1CCOC2CCCC21. The minimum absolute atomic E-state index is 0.215. The van der Waals surface area contributed by atoms with E-state index in [0.29, 0.717) is 18.2 Å². The highest BCUT2D eigenvalue weighted by Crippen LogP contribution is 2.39. The van der Waals surface area contributed by atoms with Crippen LogP contribution < -0.4 is 5.73 Å². The van der Waals surface area contributed by atoms with Gasteiger partial charge in [0, 0.05) is 23.5 Å². The van der Waals surface area contributed by atoms with E-state index in [4.69, 9.17) is 10.5 Å². The Morgan fingerprint density at radius 2 is 2.35 bits per heavy atom. The number of hydrogen-bond acceptors (Lipinski definition) is 4. The summed E-state index contributed by atoms with van der Waals surface area (Å²) in [6.07, 6.45) is 5.25. The minimum Gasteiger partial charge on any atom is -0.375 e. The average Bonchev–Trinajstić information content (AvgIpc) is 3.08. The lowest BCUT2D eigenvalue weighted by molar-refractivity contribution is -0.0758. The monoisotopic (exact) mass is 294 g/mol. The molecule has 112 valence electrons. The maximum atomic E-state index is 6.52. The third kappa shape index (κ3) is 2.54. The van der Waals surface area contributed by atoms with Crippen molar-refractivity contribution in [1.82, 2.24) is 4.90 Å². The summed E-state index contributed by atoms with van der Waals surface area (Å²) < 4.78 is 5.96. The van der Waals surface area contributed by atoms with Gasteiger partial charge in [0.05, 0.1) is 18.8 Å². The number of hydrogen-bond donors (Lipinski definition) is 1. The number of thiophene rings is 1. The van der Waals surface area contributed by atoms with E-state index in [1.165, 1.54) is 29.7 Å². The second-order valence-electron chi connectivity index (χ2n) is 6.13. The van der Waals surface area contributed by atoms with E-state index in [1.54, 1.807) is 0 Å². The molecule has 0 aromatic carbocycles. The van der Waals surface area contributed by atoms with Gasteiger partial charge in [-0.05, 0) is 49.6 Å². The molecule has 1 saturated heterocycles. The highest BCUT2D eigenvalue weighted by Gasteiger charge is 2.41. The highest BCUT2D eigenvalue weighted by molar-refractivity contribution is 7.10. The molecule has 2 aliphatic rings. The summed E-state index contributed by atoms with van der Waals surface area (Å²) >= 11 is 1.87. The number of aryl methyl sites for hydroxylation is 1. The van der Waals surface area contributed by atoms with Crippen LogP contribution in [0.2, 0.25) is 0 Å². The molecule has 4 atom stereocenters. The van der Waals surface area contributed by atoms with Gasteiger partial charge in [0.2, 0.25) is 0 Å². The molecule has 0 radical (unpaired) electrons. The van der Waals surface area contributed by atoms with Crippen LogP contribution in [0.25, 0.3) is 0 Å². The van der Waals surface area contributed by atoms with Gasteiger partial charge >= 0.3 is 0 Å². The van der Waals surface area contributed by atoms with Gasteiger partial charge in [0.1, 0.15) is 0 Å². The quantitative estimate of drug-likeness (QED) is 0.927. The maximum Gasteiger partial charge on any atom is 0.0731 e. The van der Waals surface area contributed by atoms with Crippen LogP contribution >= 0.6 is 11.3 Å². The summed E-state index contributed by atoms with van der Waals surface area (Å²) in [5.41, 5.74) is 7.91. The zero-order chi connectivity index (χ0) is 14.1. The maximum absolute atomic E-state index is 6.52. The molecule has 4 unspecified atom stereocenters. The van der Waals surface area contributed by atoms with Crippen LogP contribution in [0.4, 0.5) is 0 Å². The molecule has 1 aromatic rings. The first-order chi connectivity index (χ1) is 9.72. The molecule has 1 aliphatic carbocycles. The van der Waals surface area contributed by atoms with Gasteiger partial charge in [-0.3, -0.25) is 4.90 Å². The Morgan fingerprint density at radius 1 is 1.50 bits per heavy atom. The molecule has 2 heterocycles. The summed E-state index contributed by atoms with van der Waals surface area (Å²) in [6.45, 7) is 6.30. The van der Waals surface area contributed by atoms with Crippen molar-refractivity contribution < 1.29 is 4.74 Å². The van der Waals surface area contributed by atoms with Crippen LogP contribution in [-0.4, -0.2) is 36.2 Å². The fourth-order valence-electron chi connectivity index (χ4n) is 3.80. The molecule has 0 spiro atoms. The Balaban J connectivity index is 1.90. The molecule has 1 aliphatic heterocycles. The molecule has 0 amide bonds. The Bertz CT molecular complexity index is 447. The first-order valence-electron chi connectivity index (χ1n) is 7.89. The van der Waals surface area contributed by atoms with Crippen molar-refractivity contribution in [3.63, 3.8) is 0 Å². The normalized spacial score (nSPS) is 30.1. The topological polar surface area (TPSA) is 38.5 Å². The van der Waals surface area contributed by atoms with E-state index < -0.39 is 0 Å². The van der Waals surface area contributed by atoms with Crippen molar-refractivity contribution in [1.29, 1.82) is 0 Å². The molecule has 2 fully saturated rings. The zero-order valence-corrected chi connectivity index (χ0v) is 13.4. The van der Waals surface area contributed by atoms with Gasteiger partial charge < -0.3 is 10.5 Å². The summed E-state index contributed by atoms with van der Waals surface area (Å²) in [4.78, 5) is 4.13. The number of rotatable bonds is 4. The molecule has 3 rings (SSSR count). The van der Waals surface area contributed by atoms with E-state index in [9.17, 15) is 0 Å². The van der Waals surface area contributed by atoms with Crippen LogP contribution in [0.15, 0.2) is 11.4 Å². The molecule has 2 N–H and O–H groups in total. The van der Waals surface area contributed by atoms with E-state index in [0.717, 1.165) is 19.6 Å². The van der Waals surface area contributed by atoms with Gasteiger partial charge in [0.15, 0.2) is 0 Å². The molecular weight excluding hydrogens is 268 g/mol. The van der Waals surface area contributed by atoms with Crippen molar-refractivity contribution in [2.45, 2.75) is 63.8 Å². The van der Waals surface area contributed by atoms with E-state index in [1.807, 2.05) is 11.3 Å². The second kappa shape index (κ2) is 6.14. The lowest BCUT2D eigenvalue weighted by Crippen LogP contribution is -2.53. The number of nitrogens with two attached hydrogens (primary N) is 1. The van der Waals surface area contributed by atoms with Gasteiger partial charge in [0.25, 0.3) is 0 Å². The van der Waals surface area contributed by atoms with Crippen molar-refractivity contribution in [2.75, 3.05) is 13.2 Å². The number of nitrogens with zero attached hydrogens (tertiary/aromatic N) is 1. The predicted octanol–water partition coefficient (Wildman–Crippen LogP) is 3.09. The summed E-state index contributed by atoms with van der Waals surface area (Å²) in [5, 5.41) is 2.20. The van der Waals surface area contributed by atoms with Crippen LogP contribution in [0.5, 0.6) is 0 Å². The lowest BCUT2D eigenvalue weighted by atomic mass is 9.97. The highest BCUT2D eigenvalue weighted by atomic mass is 32.1. The molecule has 20 heavy (non-hydrogen) atoms. The number of fused-ring (bicyclic) bond motifs is 1. The molecule has 1 saturated carbocycles. The van der Waals surface area contributed by atoms with Crippen LogP contribution in [-0.2, 0) is 4.74 Å². The third-order valence-electron chi connectivity index (χ3n) is 4.93. The van der Waals surface area contributed by atoms with Crippen molar-refractivity contribution in [3.8, 4) is 0 Å². The van der Waals surface area contributed by atoms with Gasteiger partial charge in [-0.15, -0.1) is 11.3 Å². The Labute approximate surface area is 126 Å². The molecule has 0 bridgehead atoms. The third-order valence-corrected chi connectivity index (χ3v) is 6.02. The first-order valence-corrected chi connectivity index (χ1v) is 8.77. The van der Waals surface area contributed by atoms with Crippen LogP contribution in [0.3, 0.4) is 0 Å². The van der Waals surface area contributed by atoms with Crippen LogP contribution in [0.1, 0.15) is 49.1 Å². The van der Waals surface area contributed by atoms with Gasteiger partial charge in [-0.25, -0.2) is 0 Å². The van der Waals surface area contributed by atoms with E-state index in [2.05, 4.69) is 30.2 Å². The largest absolute Gasteiger partial charge is 0.375 e. The average molecular weight is 294 g/mol. The first kappa shape index (κ1) is 14.5. The Kier molecular flexibility index (Phi) is 4.46. The molecular formula is C16H26N2OS. The second-order valence-corrected chi connectivity index (χ2v) is 7.08. The molecule has 4 heteroatoms. The van der Waals surface area contributed by atoms with Crippen LogP contribution in [0, 0.1) is 6.92 Å². The summed E-state index contributed by atoms with van der Waals surface area (Å²) in [5.74, 6) is 0. The standard InChI is InChI=1S/C16H26N2OS/c1-3-12(17)15(16-11(2)7-10-20-16)18-8-9-19-14-6-4-5-13(14)18/h7,10,12-15H,3-6,8-9,17H2,1-2H3. The summed E-state index contributed by atoms with van der Waals surface area (Å²) in [7, 11) is 0. The fraction of sp³-hybridized carbons (Fsp3) is 0.750. The van der Waals surface area contributed by atoms with E-state index in [-0.39, 0.29) is 6.04 Å². The van der Waals surface area contributed by atoms with Crippen molar-refractivity contribution >= 4 is 11.3 Å². The van der Waals surface area contributed by atoms with Crippen molar-refractivity contribution in [2.24, 2.45) is 5.73 Å².